The molecule has 0 saturated heterocycles. The van der Waals surface area contributed by atoms with E-state index in [0.717, 1.165) is 5.56 Å². The van der Waals surface area contributed by atoms with Crippen LogP contribution in [0.4, 0.5) is 8.78 Å². The van der Waals surface area contributed by atoms with E-state index in [0.29, 0.717) is 0 Å². The first kappa shape index (κ1) is 10.9. The molecule has 1 aromatic carbocycles. The van der Waals surface area contributed by atoms with Gasteiger partial charge in [0.05, 0.1) is 5.92 Å². The number of aryl methyl sites for hydroxylation is 1. The van der Waals surface area contributed by atoms with Gasteiger partial charge in [0.2, 0.25) is 6.43 Å². The van der Waals surface area contributed by atoms with Crippen molar-refractivity contribution in [3.05, 3.63) is 29.3 Å². The number of nitrogens with two attached hydrogens (primary N) is 1. The van der Waals surface area contributed by atoms with Crippen molar-refractivity contribution in [2.24, 2.45) is 5.73 Å². The highest BCUT2D eigenvalue weighted by molar-refractivity contribution is 5.38. The van der Waals surface area contributed by atoms with Crippen molar-refractivity contribution < 1.29 is 13.9 Å². The zero-order chi connectivity index (χ0) is 10.7. The minimum atomic E-state index is -2.55. The molecule has 0 aliphatic carbocycles. The van der Waals surface area contributed by atoms with E-state index < -0.39 is 12.3 Å². The summed E-state index contributed by atoms with van der Waals surface area (Å²) in [6.45, 7) is 1.61. The number of hydrogen-bond donors (Lipinski definition) is 2. The van der Waals surface area contributed by atoms with Gasteiger partial charge in [0.15, 0.2) is 0 Å². The van der Waals surface area contributed by atoms with Crippen molar-refractivity contribution >= 4 is 0 Å². The smallest absolute Gasteiger partial charge is 0.246 e. The van der Waals surface area contributed by atoms with Crippen molar-refractivity contribution in [3.8, 4) is 5.75 Å². The van der Waals surface area contributed by atoms with E-state index in [1.54, 1.807) is 13.0 Å². The molecule has 2 nitrogen and oxygen atoms in total. The molecule has 1 unspecified atom stereocenters. The number of alkyl halides is 2. The summed E-state index contributed by atoms with van der Waals surface area (Å²) in [7, 11) is 0. The third-order valence-corrected chi connectivity index (χ3v) is 2.14. The summed E-state index contributed by atoms with van der Waals surface area (Å²) in [5.74, 6) is -1.20. The van der Waals surface area contributed by atoms with Crippen LogP contribution in [0.1, 0.15) is 17.0 Å². The minimum absolute atomic E-state index is 0.110. The second-order valence-electron chi connectivity index (χ2n) is 3.24. The number of phenols is 1. The summed E-state index contributed by atoms with van der Waals surface area (Å²) in [6.07, 6.45) is -2.55. The molecule has 0 fully saturated rings. The molecular formula is C10H13F2NO. The van der Waals surface area contributed by atoms with Crippen molar-refractivity contribution in [2.75, 3.05) is 6.54 Å². The first-order chi connectivity index (χ1) is 6.56. The van der Waals surface area contributed by atoms with Gasteiger partial charge in [-0.2, -0.15) is 0 Å². The summed E-state index contributed by atoms with van der Waals surface area (Å²) in [5, 5.41) is 9.45. The van der Waals surface area contributed by atoms with Gasteiger partial charge in [-0.05, 0) is 18.6 Å². The molecule has 0 aliphatic heterocycles. The minimum Gasteiger partial charge on any atom is -0.508 e. The summed E-state index contributed by atoms with van der Waals surface area (Å²) < 4.78 is 24.9. The molecule has 4 heteroatoms. The second-order valence-corrected chi connectivity index (χ2v) is 3.24. The SMILES string of the molecule is Cc1ccc(C(CN)C(F)F)c(O)c1. The van der Waals surface area contributed by atoms with Gasteiger partial charge in [0.25, 0.3) is 0 Å². The van der Waals surface area contributed by atoms with E-state index in [4.69, 9.17) is 5.73 Å². The van der Waals surface area contributed by atoms with E-state index in [2.05, 4.69) is 0 Å². The van der Waals surface area contributed by atoms with E-state index in [1.165, 1.54) is 12.1 Å². The zero-order valence-corrected chi connectivity index (χ0v) is 7.87. The van der Waals surface area contributed by atoms with Crippen LogP contribution in [0.25, 0.3) is 0 Å². The average molecular weight is 201 g/mol. The second kappa shape index (κ2) is 4.37. The normalized spacial score (nSPS) is 13.2. The third kappa shape index (κ3) is 2.20. The monoisotopic (exact) mass is 201 g/mol. The molecular weight excluding hydrogens is 188 g/mol. The Kier molecular flexibility index (Phi) is 3.41. The van der Waals surface area contributed by atoms with E-state index in [-0.39, 0.29) is 17.9 Å². The van der Waals surface area contributed by atoms with Gasteiger partial charge < -0.3 is 10.8 Å². The summed E-state index contributed by atoms with van der Waals surface area (Å²) in [4.78, 5) is 0. The lowest BCUT2D eigenvalue weighted by molar-refractivity contribution is 0.116. The lowest BCUT2D eigenvalue weighted by atomic mass is 9.97. The summed E-state index contributed by atoms with van der Waals surface area (Å²) in [6, 6.07) is 4.63. The Morgan fingerprint density at radius 2 is 2.07 bits per heavy atom. The largest absolute Gasteiger partial charge is 0.508 e. The highest BCUT2D eigenvalue weighted by Crippen LogP contribution is 2.30. The number of halogens is 2. The first-order valence-electron chi connectivity index (χ1n) is 4.34. The van der Waals surface area contributed by atoms with E-state index >= 15 is 0 Å². The van der Waals surface area contributed by atoms with Gasteiger partial charge in [-0.15, -0.1) is 0 Å². The molecule has 0 saturated carbocycles. The Morgan fingerprint density at radius 1 is 1.43 bits per heavy atom. The van der Waals surface area contributed by atoms with Gasteiger partial charge >= 0.3 is 0 Å². The summed E-state index contributed by atoms with van der Waals surface area (Å²) in [5.41, 5.74) is 6.27. The summed E-state index contributed by atoms with van der Waals surface area (Å²) >= 11 is 0. The fourth-order valence-electron chi connectivity index (χ4n) is 1.33. The van der Waals surface area contributed by atoms with Crippen LogP contribution in [0.15, 0.2) is 18.2 Å². The van der Waals surface area contributed by atoms with Crippen LogP contribution in [-0.4, -0.2) is 18.1 Å². The molecule has 14 heavy (non-hydrogen) atoms. The Hall–Kier alpha value is -1.16. The fraction of sp³-hybridized carbons (Fsp3) is 0.400. The molecule has 0 spiro atoms. The number of aromatic hydroxyl groups is 1. The lowest BCUT2D eigenvalue weighted by Gasteiger charge is -2.15. The van der Waals surface area contributed by atoms with Gasteiger partial charge in [-0.1, -0.05) is 12.1 Å². The number of phenolic OH excluding ortho intramolecular Hbond substituents is 1. The molecule has 0 heterocycles. The van der Waals surface area contributed by atoms with Crippen LogP contribution < -0.4 is 5.73 Å². The zero-order valence-electron chi connectivity index (χ0n) is 7.87. The van der Waals surface area contributed by atoms with Crippen LogP contribution in [-0.2, 0) is 0 Å². The molecule has 1 atom stereocenters. The number of hydrogen-bond acceptors (Lipinski definition) is 2. The maximum Gasteiger partial charge on any atom is 0.246 e. The first-order valence-corrected chi connectivity index (χ1v) is 4.34. The maximum atomic E-state index is 12.5. The van der Waals surface area contributed by atoms with Crippen LogP contribution in [0, 0.1) is 6.92 Å². The molecule has 0 bridgehead atoms. The van der Waals surface area contributed by atoms with Crippen molar-refractivity contribution in [1.29, 1.82) is 0 Å². The van der Waals surface area contributed by atoms with Crippen LogP contribution in [0.5, 0.6) is 5.75 Å². The quantitative estimate of drug-likeness (QED) is 0.785. The Bertz CT molecular complexity index is 315. The highest BCUT2D eigenvalue weighted by atomic mass is 19.3. The molecule has 0 aromatic heterocycles. The third-order valence-electron chi connectivity index (χ3n) is 2.14. The predicted octanol–water partition coefficient (Wildman–Crippen LogP) is 2.01. The van der Waals surface area contributed by atoms with Crippen LogP contribution in [0.2, 0.25) is 0 Å². The number of rotatable bonds is 3. The number of benzene rings is 1. The van der Waals surface area contributed by atoms with Gasteiger partial charge in [-0.25, -0.2) is 8.78 Å². The molecule has 3 N–H and O–H groups in total. The lowest BCUT2D eigenvalue weighted by Crippen LogP contribution is -2.19. The van der Waals surface area contributed by atoms with Crippen molar-refractivity contribution in [1.82, 2.24) is 0 Å². The molecule has 0 amide bonds. The molecule has 78 valence electrons. The molecule has 0 radical (unpaired) electrons. The Balaban J connectivity index is 3.04. The molecule has 0 aliphatic rings. The standard InChI is InChI=1S/C10H13F2NO/c1-6-2-3-7(9(14)4-6)8(5-13)10(11)12/h2-4,8,10,14H,5,13H2,1H3. The topological polar surface area (TPSA) is 46.2 Å². The van der Waals surface area contributed by atoms with Crippen molar-refractivity contribution in [3.63, 3.8) is 0 Å². The van der Waals surface area contributed by atoms with Gasteiger partial charge in [-0.3, -0.25) is 0 Å². The Morgan fingerprint density at radius 3 is 2.50 bits per heavy atom. The van der Waals surface area contributed by atoms with E-state index in [9.17, 15) is 13.9 Å². The molecule has 1 rings (SSSR count). The predicted molar refractivity (Wildman–Crippen MR) is 50.6 cm³/mol. The van der Waals surface area contributed by atoms with Gasteiger partial charge in [0.1, 0.15) is 5.75 Å². The highest BCUT2D eigenvalue weighted by Gasteiger charge is 2.23. The van der Waals surface area contributed by atoms with Crippen LogP contribution in [0.3, 0.4) is 0 Å². The van der Waals surface area contributed by atoms with Crippen molar-refractivity contribution in [2.45, 2.75) is 19.3 Å². The van der Waals surface area contributed by atoms with Crippen LogP contribution >= 0.6 is 0 Å². The molecule has 1 aromatic rings. The maximum absolute atomic E-state index is 12.5. The van der Waals surface area contributed by atoms with E-state index in [1.807, 2.05) is 0 Å². The fourth-order valence-corrected chi connectivity index (χ4v) is 1.33. The average Bonchev–Trinajstić information content (AvgIpc) is 2.09. The Labute approximate surface area is 81.4 Å². The van der Waals surface area contributed by atoms with Gasteiger partial charge in [0, 0.05) is 12.1 Å².